The first-order valence-electron chi connectivity index (χ1n) is 6.40. The maximum atomic E-state index is 6.18. The van der Waals surface area contributed by atoms with E-state index in [0.717, 1.165) is 24.5 Å². The van der Waals surface area contributed by atoms with Crippen molar-refractivity contribution in [1.82, 2.24) is 10.3 Å². The second kappa shape index (κ2) is 6.97. The fourth-order valence-electron chi connectivity index (χ4n) is 2.28. The number of pyridine rings is 1. The van der Waals surface area contributed by atoms with Gasteiger partial charge in [-0.3, -0.25) is 4.98 Å². The van der Waals surface area contributed by atoms with Gasteiger partial charge >= 0.3 is 0 Å². The molecule has 0 aliphatic heterocycles. The van der Waals surface area contributed by atoms with Crippen molar-refractivity contribution in [3.63, 3.8) is 0 Å². The lowest BCUT2D eigenvalue weighted by Gasteiger charge is -2.30. The van der Waals surface area contributed by atoms with Gasteiger partial charge < -0.3 is 5.32 Å². The van der Waals surface area contributed by atoms with Crippen molar-refractivity contribution in [3.05, 3.63) is 29.0 Å². The maximum Gasteiger partial charge on any atom is 0.0621 e. The minimum atomic E-state index is 0.274. The zero-order valence-corrected chi connectivity index (χ0v) is 11.8. The van der Waals surface area contributed by atoms with Crippen LogP contribution in [0.15, 0.2) is 18.5 Å². The fourth-order valence-corrected chi connectivity index (χ4v) is 2.46. The molecule has 0 saturated carbocycles. The lowest BCUT2D eigenvalue weighted by molar-refractivity contribution is 0.277. The normalized spacial score (nSPS) is 14.6. The first kappa shape index (κ1) is 14.5. The standard InChI is InChI=1S/C14H23ClN2/c1-4-7-14(3,11-16-5-2)9-12-6-8-17-10-13(12)15/h6,8,10,16H,4-5,7,9,11H2,1-3H3. The Morgan fingerprint density at radius 3 is 2.76 bits per heavy atom. The summed E-state index contributed by atoms with van der Waals surface area (Å²) in [6, 6.07) is 2.03. The first-order chi connectivity index (χ1) is 8.11. The number of aromatic nitrogens is 1. The number of hydrogen-bond donors (Lipinski definition) is 1. The van der Waals surface area contributed by atoms with Crippen LogP contribution in [-0.2, 0) is 6.42 Å². The molecule has 17 heavy (non-hydrogen) atoms. The number of hydrogen-bond acceptors (Lipinski definition) is 2. The van der Waals surface area contributed by atoms with E-state index in [9.17, 15) is 0 Å². The molecule has 0 spiro atoms. The minimum absolute atomic E-state index is 0.274. The predicted octanol–water partition coefficient (Wildman–Crippen LogP) is 3.69. The summed E-state index contributed by atoms with van der Waals surface area (Å²) in [5.74, 6) is 0. The average molecular weight is 255 g/mol. The Labute approximate surface area is 110 Å². The van der Waals surface area contributed by atoms with Gasteiger partial charge in [-0.2, -0.15) is 0 Å². The molecule has 0 fully saturated rings. The van der Waals surface area contributed by atoms with Gasteiger partial charge in [0.1, 0.15) is 0 Å². The van der Waals surface area contributed by atoms with Crippen molar-refractivity contribution in [2.24, 2.45) is 5.41 Å². The molecule has 1 atom stereocenters. The van der Waals surface area contributed by atoms with Crippen LogP contribution >= 0.6 is 11.6 Å². The topological polar surface area (TPSA) is 24.9 Å². The van der Waals surface area contributed by atoms with Crippen molar-refractivity contribution in [3.8, 4) is 0 Å². The highest BCUT2D eigenvalue weighted by Crippen LogP contribution is 2.30. The molecule has 1 N–H and O–H groups in total. The van der Waals surface area contributed by atoms with Crippen LogP contribution in [0.25, 0.3) is 0 Å². The monoisotopic (exact) mass is 254 g/mol. The van der Waals surface area contributed by atoms with Gasteiger partial charge in [-0.05, 0) is 36.4 Å². The number of nitrogens with one attached hydrogen (secondary N) is 1. The maximum absolute atomic E-state index is 6.18. The van der Waals surface area contributed by atoms with Gasteiger partial charge in [0.2, 0.25) is 0 Å². The summed E-state index contributed by atoms with van der Waals surface area (Å²) in [4.78, 5) is 4.04. The summed E-state index contributed by atoms with van der Waals surface area (Å²) >= 11 is 6.18. The molecule has 0 saturated heterocycles. The Bertz CT molecular complexity index is 341. The summed E-state index contributed by atoms with van der Waals surface area (Å²) in [6.07, 6.45) is 6.97. The van der Waals surface area contributed by atoms with Crippen LogP contribution in [0.1, 0.15) is 39.2 Å². The zero-order chi connectivity index (χ0) is 12.7. The second-order valence-electron chi connectivity index (χ2n) is 4.98. The molecule has 3 heteroatoms. The van der Waals surface area contributed by atoms with Crippen LogP contribution in [0.5, 0.6) is 0 Å². The molecule has 1 heterocycles. The SMILES string of the molecule is CCCC(C)(CNCC)Cc1ccncc1Cl. The molecule has 1 unspecified atom stereocenters. The van der Waals surface area contributed by atoms with Gasteiger partial charge in [-0.1, -0.05) is 38.8 Å². The van der Waals surface area contributed by atoms with E-state index in [-0.39, 0.29) is 5.41 Å². The van der Waals surface area contributed by atoms with Crippen molar-refractivity contribution in [2.75, 3.05) is 13.1 Å². The third kappa shape index (κ3) is 4.64. The van der Waals surface area contributed by atoms with Crippen molar-refractivity contribution in [2.45, 2.75) is 40.0 Å². The third-order valence-corrected chi connectivity index (χ3v) is 3.47. The minimum Gasteiger partial charge on any atom is -0.316 e. The average Bonchev–Trinajstić information content (AvgIpc) is 2.30. The van der Waals surface area contributed by atoms with E-state index in [1.165, 1.54) is 18.4 Å². The van der Waals surface area contributed by atoms with E-state index < -0.39 is 0 Å². The largest absolute Gasteiger partial charge is 0.316 e. The number of rotatable bonds is 7. The summed E-state index contributed by atoms with van der Waals surface area (Å²) < 4.78 is 0. The Kier molecular flexibility index (Phi) is 5.93. The van der Waals surface area contributed by atoms with Gasteiger partial charge in [0.05, 0.1) is 5.02 Å². The van der Waals surface area contributed by atoms with Gasteiger partial charge in [0, 0.05) is 18.9 Å². The Balaban J connectivity index is 2.75. The zero-order valence-electron chi connectivity index (χ0n) is 11.1. The van der Waals surface area contributed by atoms with Crippen LogP contribution < -0.4 is 5.32 Å². The highest BCUT2D eigenvalue weighted by Gasteiger charge is 2.24. The smallest absolute Gasteiger partial charge is 0.0621 e. The molecule has 1 rings (SSSR count). The van der Waals surface area contributed by atoms with Crippen molar-refractivity contribution < 1.29 is 0 Å². The van der Waals surface area contributed by atoms with E-state index in [2.05, 4.69) is 31.1 Å². The Morgan fingerprint density at radius 2 is 2.18 bits per heavy atom. The molecule has 0 bridgehead atoms. The number of halogens is 1. The lowest BCUT2D eigenvalue weighted by atomic mass is 9.80. The van der Waals surface area contributed by atoms with Crippen LogP contribution in [0, 0.1) is 5.41 Å². The van der Waals surface area contributed by atoms with Gasteiger partial charge in [0.25, 0.3) is 0 Å². The molecule has 0 aliphatic rings. The fraction of sp³-hybridized carbons (Fsp3) is 0.643. The predicted molar refractivity (Wildman–Crippen MR) is 74.5 cm³/mol. The summed E-state index contributed by atoms with van der Waals surface area (Å²) in [5, 5.41) is 4.24. The van der Waals surface area contributed by atoms with Gasteiger partial charge in [0.15, 0.2) is 0 Å². The summed E-state index contributed by atoms with van der Waals surface area (Å²) in [7, 11) is 0. The lowest BCUT2D eigenvalue weighted by Crippen LogP contribution is -2.33. The van der Waals surface area contributed by atoms with Crippen molar-refractivity contribution in [1.29, 1.82) is 0 Å². The molecule has 1 aromatic heterocycles. The van der Waals surface area contributed by atoms with Crippen LogP contribution in [0.2, 0.25) is 5.02 Å². The molecular weight excluding hydrogens is 232 g/mol. The van der Waals surface area contributed by atoms with Crippen LogP contribution in [-0.4, -0.2) is 18.1 Å². The van der Waals surface area contributed by atoms with Crippen molar-refractivity contribution >= 4 is 11.6 Å². The highest BCUT2D eigenvalue weighted by molar-refractivity contribution is 6.31. The Morgan fingerprint density at radius 1 is 1.41 bits per heavy atom. The van der Waals surface area contributed by atoms with E-state index in [0.29, 0.717) is 0 Å². The van der Waals surface area contributed by atoms with E-state index in [1.807, 2.05) is 12.3 Å². The molecule has 0 radical (unpaired) electrons. The molecule has 96 valence electrons. The Hall–Kier alpha value is -0.600. The summed E-state index contributed by atoms with van der Waals surface area (Å²) in [6.45, 7) is 8.76. The quantitative estimate of drug-likeness (QED) is 0.803. The molecular formula is C14H23ClN2. The highest BCUT2D eigenvalue weighted by atomic mass is 35.5. The first-order valence-corrected chi connectivity index (χ1v) is 6.78. The number of nitrogens with zero attached hydrogens (tertiary/aromatic N) is 1. The second-order valence-corrected chi connectivity index (χ2v) is 5.39. The van der Waals surface area contributed by atoms with Gasteiger partial charge in [-0.15, -0.1) is 0 Å². The van der Waals surface area contributed by atoms with Gasteiger partial charge in [-0.25, -0.2) is 0 Å². The molecule has 2 nitrogen and oxygen atoms in total. The van der Waals surface area contributed by atoms with E-state index >= 15 is 0 Å². The molecule has 0 aliphatic carbocycles. The molecule has 0 amide bonds. The van der Waals surface area contributed by atoms with E-state index in [1.54, 1.807) is 6.20 Å². The molecule has 1 aromatic rings. The summed E-state index contributed by atoms with van der Waals surface area (Å²) in [5.41, 5.74) is 1.48. The molecule has 0 aromatic carbocycles. The van der Waals surface area contributed by atoms with Crippen LogP contribution in [0.4, 0.5) is 0 Å². The van der Waals surface area contributed by atoms with Crippen LogP contribution in [0.3, 0.4) is 0 Å². The van der Waals surface area contributed by atoms with E-state index in [4.69, 9.17) is 11.6 Å². The third-order valence-electron chi connectivity index (χ3n) is 3.13.